The van der Waals surface area contributed by atoms with E-state index in [2.05, 4.69) is 17.1 Å². The molecule has 5 heteroatoms. The molecule has 0 aromatic heterocycles. The highest BCUT2D eigenvalue weighted by atomic mass is 16.2. The van der Waals surface area contributed by atoms with E-state index < -0.39 is 0 Å². The highest BCUT2D eigenvalue weighted by molar-refractivity contribution is 6.00. The molecule has 116 valence electrons. The molecule has 2 rings (SSSR count). The van der Waals surface area contributed by atoms with Gasteiger partial charge in [0.05, 0.1) is 5.56 Å². The Bertz CT molecular complexity index is 501. The average molecular weight is 290 g/mol. The van der Waals surface area contributed by atoms with Gasteiger partial charge in [-0.1, -0.05) is 6.92 Å². The Balaban J connectivity index is 2.05. The summed E-state index contributed by atoms with van der Waals surface area (Å²) in [6, 6.07) is 5.42. The molecule has 1 saturated heterocycles. The Kier molecular flexibility index (Phi) is 5.07. The first-order valence-corrected chi connectivity index (χ1v) is 7.58. The normalized spacial score (nSPS) is 18.7. The number of hydrogen-bond donors (Lipinski definition) is 2. The molecule has 1 aromatic carbocycles. The number of anilines is 2. The largest absolute Gasteiger partial charge is 0.399 e. The first kappa shape index (κ1) is 15.6. The van der Waals surface area contributed by atoms with E-state index in [4.69, 9.17) is 5.73 Å². The number of nitrogens with two attached hydrogens (primary N) is 1. The lowest BCUT2D eigenvalue weighted by molar-refractivity contribution is 0.0828. The van der Waals surface area contributed by atoms with Gasteiger partial charge in [0.1, 0.15) is 0 Å². The van der Waals surface area contributed by atoms with E-state index in [0.717, 1.165) is 25.3 Å². The van der Waals surface area contributed by atoms with E-state index >= 15 is 0 Å². The van der Waals surface area contributed by atoms with Gasteiger partial charge in [-0.2, -0.15) is 0 Å². The smallest absolute Gasteiger partial charge is 0.255 e. The maximum absolute atomic E-state index is 12.2. The number of likely N-dealkylation sites (tertiary alicyclic amines) is 1. The Morgan fingerprint density at radius 2 is 2.24 bits per heavy atom. The molecule has 1 amide bonds. The molecule has 1 heterocycles. The summed E-state index contributed by atoms with van der Waals surface area (Å²) in [5, 5.41) is 3.42. The van der Waals surface area contributed by atoms with E-state index in [1.807, 2.05) is 6.07 Å². The van der Waals surface area contributed by atoms with Gasteiger partial charge in [-0.25, -0.2) is 0 Å². The van der Waals surface area contributed by atoms with Crippen molar-refractivity contribution >= 4 is 17.3 Å². The summed E-state index contributed by atoms with van der Waals surface area (Å²) in [5.41, 5.74) is 8.05. The molecule has 1 aliphatic heterocycles. The minimum atomic E-state index is -0.000827. The van der Waals surface area contributed by atoms with Gasteiger partial charge in [-0.3, -0.25) is 4.79 Å². The second-order valence-corrected chi connectivity index (χ2v) is 5.93. The molecular weight excluding hydrogens is 264 g/mol. The Morgan fingerprint density at radius 3 is 2.86 bits per heavy atom. The topological polar surface area (TPSA) is 61.6 Å². The molecule has 1 aromatic rings. The van der Waals surface area contributed by atoms with Crippen LogP contribution in [0.5, 0.6) is 0 Å². The van der Waals surface area contributed by atoms with E-state index in [1.54, 1.807) is 31.1 Å². The minimum Gasteiger partial charge on any atom is -0.399 e. The number of benzene rings is 1. The van der Waals surface area contributed by atoms with Crippen LogP contribution in [0.15, 0.2) is 18.2 Å². The number of hydrogen-bond acceptors (Lipinski definition) is 4. The van der Waals surface area contributed by atoms with Crippen LogP contribution >= 0.6 is 0 Å². The van der Waals surface area contributed by atoms with Crippen LogP contribution < -0.4 is 11.1 Å². The van der Waals surface area contributed by atoms with Crippen LogP contribution in [0.2, 0.25) is 0 Å². The zero-order valence-corrected chi connectivity index (χ0v) is 13.2. The van der Waals surface area contributed by atoms with Gasteiger partial charge >= 0.3 is 0 Å². The summed E-state index contributed by atoms with van der Waals surface area (Å²) in [7, 11) is 3.52. The summed E-state index contributed by atoms with van der Waals surface area (Å²) in [5.74, 6) is 0.632. The van der Waals surface area contributed by atoms with Gasteiger partial charge in [0, 0.05) is 38.6 Å². The van der Waals surface area contributed by atoms with E-state index in [9.17, 15) is 4.79 Å². The number of carbonyl (C=O) groups excluding carboxylic acids is 1. The van der Waals surface area contributed by atoms with Crippen molar-refractivity contribution in [2.45, 2.75) is 13.3 Å². The third-order valence-electron chi connectivity index (χ3n) is 4.08. The molecule has 1 atom stereocenters. The summed E-state index contributed by atoms with van der Waals surface area (Å²) < 4.78 is 0. The fourth-order valence-electron chi connectivity index (χ4n) is 2.76. The van der Waals surface area contributed by atoms with E-state index in [-0.39, 0.29) is 5.91 Å². The molecule has 0 radical (unpaired) electrons. The second-order valence-electron chi connectivity index (χ2n) is 5.93. The van der Waals surface area contributed by atoms with Gasteiger partial charge in [-0.05, 0) is 43.6 Å². The van der Waals surface area contributed by atoms with Crippen molar-refractivity contribution in [2.24, 2.45) is 5.92 Å². The van der Waals surface area contributed by atoms with E-state index in [1.165, 1.54) is 13.0 Å². The predicted molar refractivity (Wildman–Crippen MR) is 87.6 cm³/mol. The summed E-state index contributed by atoms with van der Waals surface area (Å²) in [6.45, 7) is 6.49. The molecule has 21 heavy (non-hydrogen) atoms. The molecule has 0 bridgehead atoms. The fraction of sp³-hybridized carbons (Fsp3) is 0.562. The maximum atomic E-state index is 12.2. The average Bonchev–Trinajstić information content (AvgIpc) is 2.92. The Morgan fingerprint density at radius 1 is 1.48 bits per heavy atom. The molecule has 1 aliphatic rings. The predicted octanol–water partition coefficient (Wildman–Crippen LogP) is 1.72. The van der Waals surface area contributed by atoms with E-state index in [0.29, 0.717) is 17.2 Å². The highest BCUT2D eigenvalue weighted by Gasteiger charge is 2.21. The van der Waals surface area contributed by atoms with Crippen molar-refractivity contribution in [3.63, 3.8) is 0 Å². The van der Waals surface area contributed by atoms with Gasteiger partial charge in [0.15, 0.2) is 0 Å². The SMILES string of the molecule is CCN1CCC(CNc2cc(N)ccc2C(=O)N(C)C)C1. The molecule has 0 aliphatic carbocycles. The summed E-state index contributed by atoms with van der Waals surface area (Å²) in [4.78, 5) is 16.3. The standard InChI is InChI=1S/C16H26N4O/c1-4-20-8-7-12(11-20)10-18-15-9-13(17)5-6-14(15)16(21)19(2)3/h5-6,9,12,18H,4,7-8,10-11,17H2,1-3H3. The number of carbonyl (C=O) groups is 1. The zero-order chi connectivity index (χ0) is 15.4. The number of amides is 1. The van der Waals surface area contributed by atoms with Crippen LogP contribution in [0.25, 0.3) is 0 Å². The Labute approximate surface area is 127 Å². The van der Waals surface area contributed by atoms with Crippen LogP contribution in [-0.2, 0) is 0 Å². The lowest BCUT2D eigenvalue weighted by Crippen LogP contribution is -2.25. The molecular formula is C16H26N4O. The summed E-state index contributed by atoms with van der Waals surface area (Å²) in [6.07, 6.45) is 1.21. The van der Waals surface area contributed by atoms with Crippen molar-refractivity contribution in [3.8, 4) is 0 Å². The van der Waals surface area contributed by atoms with Crippen LogP contribution in [0.3, 0.4) is 0 Å². The Hall–Kier alpha value is -1.75. The maximum Gasteiger partial charge on any atom is 0.255 e. The first-order valence-electron chi connectivity index (χ1n) is 7.58. The van der Waals surface area contributed by atoms with Crippen LogP contribution in [0.4, 0.5) is 11.4 Å². The van der Waals surface area contributed by atoms with Crippen molar-refractivity contribution < 1.29 is 4.79 Å². The zero-order valence-electron chi connectivity index (χ0n) is 13.2. The van der Waals surface area contributed by atoms with Crippen molar-refractivity contribution in [3.05, 3.63) is 23.8 Å². The van der Waals surface area contributed by atoms with Gasteiger partial charge < -0.3 is 20.9 Å². The lowest BCUT2D eigenvalue weighted by atomic mass is 10.1. The van der Waals surface area contributed by atoms with Crippen LogP contribution in [0.1, 0.15) is 23.7 Å². The number of nitrogen functional groups attached to an aromatic ring is 1. The minimum absolute atomic E-state index is 0.000827. The molecule has 0 saturated carbocycles. The number of nitrogens with one attached hydrogen (secondary N) is 1. The third-order valence-corrected chi connectivity index (χ3v) is 4.08. The van der Waals surface area contributed by atoms with Gasteiger partial charge in [0.25, 0.3) is 5.91 Å². The molecule has 1 fully saturated rings. The second kappa shape index (κ2) is 6.80. The summed E-state index contributed by atoms with van der Waals surface area (Å²) >= 11 is 0. The van der Waals surface area contributed by atoms with Gasteiger partial charge in [-0.15, -0.1) is 0 Å². The quantitative estimate of drug-likeness (QED) is 0.811. The van der Waals surface area contributed by atoms with Crippen molar-refractivity contribution in [1.29, 1.82) is 0 Å². The molecule has 5 nitrogen and oxygen atoms in total. The van der Waals surface area contributed by atoms with Crippen molar-refractivity contribution in [2.75, 3.05) is 51.3 Å². The van der Waals surface area contributed by atoms with Crippen molar-refractivity contribution in [1.82, 2.24) is 9.80 Å². The molecule has 0 spiro atoms. The molecule has 1 unspecified atom stereocenters. The molecule has 3 N–H and O–H groups in total. The fourth-order valence-corrected chi connectivity index (χ4v) is 2.76. The number of nitrogens with zero attached hydrogens (tertiary/aromatic N) is 2. The number of rotatable bonds is 5. The highest BCUT2D eigenvalue weighted by Crippen LogP contribution is 2.22. The monoisotopic (exact) mass is 290 g/mol. The lowest BCUT2D eigenvalue weighted by Gasteiger charge is -2.18. The first-order chi connectivity index (χ1) is 10.0. The van der Waals surface area contributed by atoms with Gasteiger partial charge in [0.2, 0.25) is 0 Å². The van der Waals surface area contributed by atoms with Crippen LogP contribution in [-0.4, -0.2) is 56.0 Å². The van der Waals surface area contributed by atoms with Crippen LogP contribution in [0, 0.1) is 5.92 Å². The third kappa shape index (κ3) is 3.88.